The van der Waals surface area contributed by atoms with Crippen molar-refractivity contribution in [2.24, 2.45) is 5.73 Å². The van der Waals surface area contributed by atoms with Crippen molar-refractivity contribution in [3.63, 3.8) is 0 Å². The Morgan fingerprint density at radius 2 is 2.24 bits per heavy atom. The summed E-state index contributed by atoms with van der Waals surface area (Å²) >= 11 is 2.07. The van der Waals surface area contributed by atoms with Gasteiger partial charge in [0.1, 0.15) is 0 Å². The van der Waals surface area contributed by atoms with Crippen molar-refractivity contribution < 1.29 is 4.74 Å². The Balaban J connectivity index is 2.84. The fourth-order valence-corrected chi connectivity index (χ4v) is 4.27. The minimum absolute atomic E-state index is 0.162. The predicted octanol–water partition coefficient (Wildman–Crippen LogP) is 1.96. The van der Waals surface area contributed by atoms with E-state index < -0.39 is 0 Å². The van der Waals surface area contributed by atoms with E-state index in [4.69, 9.17) is 10.5 Å². The maximum Gasteiger partial charge on any atom is 0.0590 e. The van der Waals surface area contributed by atoms with E-state index in [0.29, 0.717) is 11.3 Å². The summed E-state index contributed by atoms with van der Waals surface area (Å²) in [4.78, 5) is 2.56. The molecule has 0 aliphatic carbocycles. The number of thioether (sulfide) groups is 1. The number of nitrogens with two attached hydrogens (primary N) is 1. The zero-order valence-corrected chi connectivity index (χ0v) is 12.6. The Hall–Kier alpha value is 0.230. The molecular weight excluding hydrogens is 232 g/mol. The zero-order chi connectivity index (χ0) is 12.9. The Labute approximate surface area is 110 Å². The summed E-state index contributed by atoms with van der Waals surface area (Å²) in [6, 6.07) is 0.523. The molecule has 0 spiro atoms. The molecule has 17 heavy (non-hydrogen) atoms. The van der Waals surface area contributed by atoms with Crippen molar-refractivity contribution in [3.05, 3.63) is 0 Å². The first kappa shape index (κ1) is 15.3. The van der Waals surface area contributed by atoms with E-state index in [9.17, 15) is 0 Å². The molecule has 1 heterocycles. The van der Waals surface area contributed by atoms with Crippen LogP contribution in [0.25, 0.3) is 0 Å². The molecule has 1 rings (SSSR count). The first-order chi connectivity index (χ1) is 8.08. The topological polar surface area (TPSA) is 38.5 Å². The lowest BCUT2D eigenvalue weighted by molar-refractivity contribution is 0.0268. The normalized spacial score (nSPS) is 30.2. The van der Waals surface area contributed by atoms with Crippen LogP contribution < -0.4 is 5.73 Å². The summed E-state index contributed by atoms with van der Waals surface area (Å²) in [5.41, 5.74) is 6.31. The van der Waals surface area contributed by atoms with Gasteiger partial charge in [0.2, 0.25) is 0 Å². The van der Waals surface area contributed by atoms with Gasteiger partial charge in [-0.25, -0.2) is 0 Å². The molecule has 2 N–H and O–H groups in total. The molecule has 1 aliphatic heterocycles. The quantitative estimate of drug-likeness (QED) is 0.792. The summed E-state index contributed by atoms with van der Waals surface area (Å²) in [6.07, 6.45) is 2.50. The van der Waals surface area contributed by atoms with Crippen LogP contribution in [0.3, 0.4) is 0 Å². The van der Waals surface area contributed by atoms with Gasteiger partial charge in [0, 0.05) is 37.0 Å². The standard InChI is InChI=1S/C13H28N2OS/c1-11(2)15(7-8-16-4)13(10-14)6-5-9-17-12(13)3/h11-12H,5-10,14H2,1-4H3. The highest BCUT2D eigenvalue weighted by atomic mass is 32.2. The molecule has 1 fully saturated rings. The van der Waals surface area contributed by atoms with E-state index in [0.717, 1.165) is 19.7 Å². The van der Waals surface area contributed by atoms with E-state index in [-0.39, 0.29) is 5.54 Å². The molecular formula is C13H28N2OS. The summed E-state index contributed by atoms with van der Waals surface area (Å²) in [6.45, 7) is 9.38. The molecule has 0 bridgehead atoms. The third-order valence-electron chi connectivity index (χ3n) is 3.96. The van der Waals surface area contributed by atoms with Gasteiger partial charge in [0.25, 0.3) is 0 Å². The second-order valence-electron chi connectivity index (χ2n) is 5.20. The van der Waals surface area contributed by atoms with E-state index >= 15 is 0 Å². The summed E-state index contributed by atoms with van der Waals surface area (Å²) < 4.78 is 5.25. The SMILES string of the molecule is COCCN(C(C)C)C1(CN)CCCSC1C. The van der Waals surface area contributed by atoms with E-state index in [1.165, 1.54) is 18.6 Å². The number of ether oxygens (including phenoxy) is 1. The van der Waals surface area contributed by atoms with Gasteiger partial charge in [-0.2, -0.15) is 11.8 Å². The van der Waals surface area contributed by atoms with Gasteiger partial charge in [-0.15, -0.1) is 0 Å². The minimum atomic E-state index is 0.162. The second-order valence-corrected chi connectivity index (χ2v) is 6.65. The molecule has 0 radical (unpaired) electrons. The molecule has 2 unspecified atom stereocenters. The number of nitrogens with zero attached hydrogens (tertiary/aromatic N) is 1. The number of hydrogen-bond donors (Lipinski definition) is 1. The van der Waals surface area contributed by atoms with Gasteiger partial charge in [-0.05, 0) is 32.4 Å². The Morgan fingerprint density at radius 1 is 1.53 bits per heavy atom. The summed E-state index contributed by atoms with van der Waals surface area (Å²) in [5, 5.41) is 0.612. The Morgan fingerprint density at radius 3 is 2.71 bits per heavy atom. The van der Waals surface area contributed by atoms with E-state index in [1.54, 1.807) is 7.11 Å². The average molecular weight is 260 g/mol. The van der Waals surface area contributed by atoms with Crippen molar-refractivity contribution in [3.8, 4) is 0 Å². The first-order valence-electron chi connectivity index (χ1n) is 6.66. The largest absolute Gasteiger partial charge is 0.383 e. The molecule has 1 aliphatic rings. The van der Waals surface area contributed by atoms with Crippen LogP contribution in [0.5, 0.6) is 0 Å². The molecule has 0 aromatic carbocycles. The summed E-state index contributed by atoms with van der Waals surface area (Å²) in [5.74, 6) is 1.28. The van der Waals surface area contributed by atoms with Crippen molar-refractivity contribution in [2.75, 3.05) is 32.6 Å². The highest BCUT2D eigenvalue weighted by Crippen LogP contribution is 2.38. The van der Waals surface area contributed by atoms with E-state index in [2.05, 4.69) is 37.4 Å². The average Bonchev–Trinajstić information content (AvgIpc) is 2.31. The van der Waals surface area contributed by atoms with Crippen LogP contribution in [0.1, 0.15) is 33.6 Å². The number of methoxy groups -OCH3 is 1. The van der Waals surface area contributed by atoms with Crippen LogP contribution in [0.4, 0.5) is 0 Å². The third kappa shape index (κ3) is 3.37. The zero-order valence-electron chi connectivity index (χ0n) is 11.7. The molecule has 2 atom stereocenters. The van der Waals surface area contributed by atoms with E-state index in [1.807, 2.05) is 0 Å². The fraction of sp³-hybridized carbons (Fsp3) is 1.00. The molecule has 4 heteroatoms. The number of hydrogen-bond acceptors (Lipinski definition) is 4. The minimum Gasteiger partial charge on any atom is -0.383 e. The van der Waals surface area contributed by atoms with Crippen molar-refractivity contribution >= 4 is 11.8 Å². The lowest BCUT2D eigenvalue weighted by Gasteiger charge is -2.51. The smallest absolute Gasteiger partial charge is 0.0590 e. The van der Waals surface area contributed by atoms with Gasteiger partial charge >= 0.3 is 0 Å². The van der Waals surface area contributed by atoms with Crippen LogP contribution in [0.2, 0.25) is 0 Å². The highest BCUT2D eigenvalue weighted by molar-refractivity contribution is 8.00. The van der Waals surface area contributed by atoms with Crippen molar-refractivity contribution in [1.82, 2.24) is 4.90 Å². The molecule has 3 nitrogen and oxygen atoms in total. The molecule has 0 saturated carbocycles. The third-order valence-corrected chi connectivity index (χ3v) is 5.43. The number of rotatable bonds is 6. The van der Waals surface area contributed by atoms with Crippen LogP contribution >= 0.6 is 11.8 Å². The highest BCUT2D eigenvalue weighted by Gasteiger charge is 2.43. The van der Waals surface area contributed by atoms with Crippen LogP contribution in [-0.4, -0.2) is 54.3 Å². The second kappa shape index (κ2) is 6.98. The lowest BCUT2D eigenvalue weighted by Crippen LogP contribution is -2.63. The van der Waals surface area contributed by atoms with Gasteiger partial charge in [-0.3, -0.25) is 4.90 Å². The van der Waals surface area contributed by atoms with Gasteiger partial charge in [0.15, 0.2) is 0 Å². The van der Waals surface area contributed by atoms with Gasteiger partial charge in [0.05, 0.1) is 6.61 Å². The van der Waals surface area contributed by atoms with Gasteiger partial charge < -0.3 is 10.5 Å². The molecule has 1 saturated heterocycles. The van der Waals surface area contributed by atoms with Crippen molar-refractivity contribution in [2.45, 2.75) is 50.4 Å². The summed E-state index contributed by atoms with van der Waals surface area (Å²) in [7, 11) is 1.77. The van der Waals surface area contributed by atoms with Crippen LogP contribution in [0, 0.1) is 0 Å². The van der Waals surface area contributed by atoms with Gasteiger partial charge in [-0.1, -0.05) is 6.92 Å². The Bertz CT molecular complexity index is 225. The monoisotopic (exact) mass is 260 g/mol. The van der Waals surface area contributed by atoms with Crippen molar-refractivity contribution in [1.29, 1.82) is 0 Å². The maximum absolute atomic E-state index is 6.14. The molecule has 0 amide bonds. The Kier molecular flexibility index (Phi) is 6.27. The fourth-order valence-electron chi connectivity index (χ4n) is 2.94. The molecule has 0 aromatic rings. The maximum atomic E-state index is 6.14. The van der Waals surface area contributed by atoms with Crippen LogP contribution in [0.15, 0.2) is 0 Å². The molecule has 0 aromatic heterocycles. The van der Waals surface area contributed by atoms with Crippen LogP contribution in [-0.2, 0) is 4.74 Å². The predicted molar refractivity (Wildman–Crippen MR) is 76.7 cm³/mol. The molecule has 102 valence electrons. The lowest BCUT2D eigenvalue weighted by atomic mass is 9.86. The first-order valence-corrected chi connectivity index (χ1v) is 7.70.